The summed E-state index contributed by atoms with van der Waals surface area (Å²) in [5.74, 6) is 0.482. The lowest BCUT2D eigenvalue weighted by molar-refractivity contribution is -0.104. The molecular weight excluding hydrogens is 398 g/mol. The molecule has 6 nitrogen and oxygen atoms in total. The Bertz CT molecular complexity index is 782. The van der Waals surface area contributed by atoms with Crippen LogP contribution in [0.25, 0.3) is 11.3 Å². The molecule has 2 aliphatic rings. The van der Waals surface area contributed by atoms with Crippen LogP contribution in [0.1, 0.15) is 30.3 Å². The van der Waals surface area contributed by atoms with Gasteiger partial charge in [-0.3, -0.25) is 4.79 Å². The van der Waals surface area contributed by atoms with Gasteiger partial charge in [-0.15, -0.1) is 0 Å². The predicted octanol–water partition coefficient (Wildman–Crippen LogP) is 3.39. The molecule has 138 valence electrons. The molecule has 0 atom stereocenters. The van der Waals surface area contributed by atoms with Gasteiger partial charge in [0.15, 0.2) is 11.5 Å². The first-order valence-corrected chi connectivity index (χ1v) is 9.81. The van der Waals surface area contributed by atoms with Gasteiger partial charge in [-0.05, 0) is 18.7 Å². The summed E-state index contributed by atoms with van der Waals surface area (Å²) in [6, 6.07) is 9.45. The summed E-state index contributed by atoms with van der Waals surface area (Å²) in [6.07, 6.45) is 1.67. The summed E-state index contributed by atoms with van der Waals surface area (Å²) in [5, 5.41) is 4.02. The molecule has 1 spiro atoms. The molecule has 0 aliphatic carbocycles. The number of piperidine rings is 1. The van der Waals surface area contributed by atoms with Crippen molar-refractivity contribution in [2.24, 2.45) is 0 Å². The Morgan fingerprint density at radius 3 is 2.65 bits per heavy atom. The van der Waals surface area contributed by atoms with Crippen molar-refractivity contribution >= 4 is 21.8 Å². The second-order valence-corrected chi connectivity index (χ2v) is 7.68. The molecule has 2 fully saturated rings. The summed E-state index contributed by atoms with van der Waals surface area (Å²) in [4.78, 5) is 17.3. The van der Waals surface area contributed by atoms with Crippen LogP contribution in [-0.2, 0) is 4.74 Å². The molecule has 0 radical (unpaired) electrons. The number of ether oxygens (including phenoxy) is 1. The number of amides is 1. The lowest BCUT2D eigenvalue weighted by atomic mass is 9.98. The van der Waals surface area contributed by atoms with Crippen LogP contribution in [0.4, 0.5) is 0 Å². The molecule has 0 N–H and O–H groups in total. The quantitative estimate of drug-likeness (QED) is 0.762. The van der Waals surface area contributed by atoms with E-state index in [2.05, 4.69) is 32.9 Å². The van der Waals surface area contributed by atoms with E-state index < -0.39 is 5.72 Å². The zero-order valence-electron chi connectivity index (χ0n) is 14.8. The van der Waals surface area contributed by atoms with Gasteiger partial charge in [-0.2, -0.15) is 0 Å². The molecule has 3 heterocycles. The van der Waals surface area contributed by atoms with Crippen molar-refractivity contribution < 1.29 is 14.1 Å². The highest BCUT2D eigenvalue weighted by Crippen LogP contribution is 2.35. The van der Waals surface area contributed by atoms with Gasteiger partial charge in [0.25, 0.3) is 5.91 Å². The Labute approximate surface area is 161 Å². The van der Waals surface area contributed by atoms with Crippen molar-refractivity contribution in [3.63, 3.8) is 0 Å². The molecule has 0 saturated carbocycles. The Morgan fingerprint density at radius 2 is 1.96 bits per heavy atom. The number of benzene rings is 1. The summed E-state index contributed by atoms with van der Waals surface area (Å²) < 4.78 is 12.5. The first kappa shape index (κ1) is 17.7. The zero-order chi connectivity index (χ0) is 18.1. The van der Waals surface area contributed by atoms with E-state index in [1.165, 1.54) is 0 Å². The van der Waals surface area contributed by atoms with Gasteiger partial charge in [0, 0.05) is 48.6 Å². The Hall–Kier alpha value is -1.70. The van der Waals surface area contributed by atoms with Crippen molar-refractivity contribution in [1.29, 1.82) is 0 Å². The molecule has 7 heteroatoms. The van der Waals surface area contributed by atoms with Gasteiger partial charge in [0.2, 0.25) is 0 Å². The van der Waals surface area contributed by atoms with E-state index in [0.717, 1.165) is 42.5 Å². The monoisotopic (exact) mass is 419 g/mol. The molecule has 1 amide bonds. The molecule has 1 aromatic carbocycles. The lowest BCUT2D eigenvalue weighted by Crippen LogP contribution is -2.54. The Balaban J connectivity index is 1.53. The number of hydrogen-bond acceptors (Lipinski definition) is 5. The van der Waals surface area contributed by atoms with E-state index in [1.807, 2.05) is 29.2 Å². The van der Waals surface area contributed by atoms with Crippen molar-refractivity contribution in [2.45, 2.75) is 25.5 Å². The number of rotatable bonds is 3. The second kappa shape index (κ2) is 7.13. The molecular formula is C19H22BrN3O3. The predicted molar refractivity (Wildman–Crippen MR) is 101 cm³/mol. The third kappa shape index (κ3) is 3.19. The van der Waals surface area contributed by atoms with Gasteiger partial charge >= 0.3 is 0 Å². The highest BCUT2D eigenvalue weighted by Gasteiger charge is 2.47. The van der Waals surface area contributed by atoms with Crippen LogP contribution >= 0.6 is 15.9 Å². The number of hydrogen-bond donors (Lipinski definition) is 0. The van der Waals surface area contributed by atoms with Crippen molar-refractivity contribution in [3.8, 4) is 11.3 Å². The van der Waals surface area contributed by atoms with E-state index in [0.29, 0.717) is 24.6 Å². The minimum Gasteiger partial charge on any atom is -0.355 e. The fourth-order valence-electron chi connectivity index (χ4n) is 3.79. The summed E-state index contributed by atoms with van der Waals surface area (Å²) >= 11 is 3.42. The largest absolute Gasteiger partial charge is 0.355 e. The maximum Gasteiger partial charge on any atom is 0.278 e. The number of halogens is 1. The van der Waals surface area contributed by atoms with Crippen molar-refractivity contribution in [3.05, 3.63) is 40.5 Å². The SMILES string of the molecule is CCN1CCC2(CC1)OCCN2C(=O)c1cc(-c2ccc(Br)cc2)on1. The molecule has 2 aromatic rings. The van der Waals surface area contributed by atoms with Crippen LogP contribution in [0.3, 0.4) is 0 Å². The minimum absolute atomic E-state index is 0.112. The zero-order valence-corrected chi connectivity index (χ0v) is 16.4. The van der Waals surface area contributed by atoms with Gasteiger partial charge in [0.1, 0.15) is 5.72 Å². The number of aromatic nitrogens is 1. The van der Waals surface area contributed by atoms with Gasteiger partial charge < -0.3 is 19.1 Å². The molecule has 2 aliphatic heterocycles. The van der Waals surface area contributed by atoms with Crippen LogP contribution < -0.4 is 0 Å². The van der Waals surface area contributed by atoms with Crippen LogP contribution in [0, 0.1) is 0 Å². The van der Waals surface area contributed by atoms with Gasteiger partial charge in [-0.25, -0.2) is 0 Å². The molecule has 2 saturated heterocycles. The van der Waals surface area contributed by atoms with Crippen molar-refractivity contribution in [2.75, 3.05) is 32.8 Å². The fraction of sp³-hybridized carbons (Fsp3) is 0.474. The minimum atomic E-state index is -0.487. The van der Waals surface area contributed by atoms with Crippen LogP contribution in [0.15, 0.2) is 39.3 Å². The smallest absolute Gasteiger partial charge is 0.278 e. The van der Waals surface area contributed by atoms with Crippen LogP contribution in [0.2, 0.25) is 0 Å². The number of carbonyl (C=O) groups excluding carboxylic acids is 1. The number of carbonyl (C=O) groups is 1. The Kier molecular flexibility index (Phi) is 4.86. The number of nitrogens with zero attached hydrogens (tertiary/aromatic N) is 3. The highest BCUT2D eigenvalue weighted by molar-refractivity contribution is 9.10. The summed E-state index contributed by atoms with van der Waals surface area (Å²) in [6.45, 7) is 6.27. The summed E-state index contributed by atoms with van der Waals surface area (Å²) in [7, 11) is 0. The second-order valence-electron chi connectivity index (χ2n) is 6.77. The molecule has 0 bridgehead atoms. The average molecular weight is 420 g/mol. The lowest BCUT2D eigenvalue weighted by Gasteiger charge is -2.43. The van der Waals surface area contributed by atoms with Gasteiger partial charge in [0.05, 0.1) is 6.61 Å². The molecule has 0 unspecified atom stereocenters. The van der Waals surface area contributed by atoms with Gasteiger partial charge in [-0.1, -0.05) is 40.1 Å². The first-order chi connectivity index (χ1) is 12.6. The third-order valence-electron chi connectivity index (χ3n) is 5.37. The average Bonchev–Trinajstić information content (AvgIpc) is 3.30. The summed E-state index contributed by atoms with van der Waals surface area (Å²) in [5.41, 5.74) is 0.744. The standard InChI is InChI=1S/C19H22BrN3O3/c1-2-22-9-7-19(8-10-22)23(11-12-25-19)18(24)16-13-17(26-21-16)14-3-5-15(20)6-4-14/h3-6,13H,2,7-12H2,1H3. The van der Waals surface area contributed by atoms with E-state index in [1.54, 1.807) is 6.07 Å². The van der Waals surface area contributed by atoms with E-state index in [-0.39, 0.29) is 5.91 Å². The molecule has 4 rings (SSSR count). The van der Waals surface area contributed by atoms with Crippen molar-refractivity contribution in [1.82, 2.24) is 15.0 Å². The highest BCUT2D eigenvalue weighted by atomic mass is 79.9. The van der Waals surface area contributed by atoms with Crippen LogP contribution in [-0.4, -0.2) is 59.4 Å². The van der Waals surface area contributed by atoms with Crippen LogP contribution in [0.5, 0.6) is 0 Å². The van der Waals surface area contributed by atoms with E-state index in [9.17, 15) is 4.79 Å². The molecule has 26 heavy (non-hydrogen) atoms. The maximum atomic E-state index is 13.1. The maximum absolute atomic E-state index is 13.1. The third-order valence-corrected chi connectivity index (χ3v) is 5.89. The van der Waals surface area contributed by atoms with E-state index >= 15 is 0 Å². The first-order valence-electron chi connectivity index (χ1n) is 9.02. The fourth-order valence-corrected chi connectivity index (χ4v) is 4.06. The van der Waals surface area contributed by atoms with E-state index in [4.69, 9.17) is 9.26 Å². The molecule has 1 aromatic heterocycles. The Morgan fingerprint density at radius 1 is 1.23 bits per heavy atom. The topological polar surface area (TPSA) is 58.8 Å². The number of likely N-dealkylation sites (tertiary alicyclic amines) is 1. The normalized spacial score (nSPS) is 20.0.